The molecule has 0 radical (unpaired) electrons. The number of rotatable bonds is 3. The molecule has 1 unspecified atom stereocenters. The number of aryl methyl sites for hydroxylation is 1. The van der Waals surface area contributed by atoms with Gasteiger partial charge >= 0.3 is 0 Å². The highest BCUT2D eigenvalue weighted by Gasteiger charge is 2.37. The number of hydrogen-bond acceptors (Lipinski definition) is 3. The minimum Gasteiger partial charge on any atom is -0.345 e. The van der Waals surface area contributed by atoms with Crippen LogP contribution >= 0.6 is 0 Å². The Bertz CT molecular complexity index is 670. The first-order chi connectivity index (χ1) is 10.0. The third kappa shape index (κ3) is 2.42. The number of carbonyl (C=O) groups is 1. The highest BCUT2D eigenvalue weighted by molar-refractivity contribution is 5.86. The van der Waals surface area contributed by atoms with Crippen LogP contribution in [-0.4, -0.2) is 21.0 Å². The Labute approximate surface area is 124 Å². The first-order valence-electron chi connectivity index (χ1n) is 7.52. The summed E-state index contributed by atoms with van der Waals surface area (Å²) >= 11 is 0. The molecular formula is C16H22N4O. The maximum absolute atomic E-state index is 12.4. The molecule has 1 aliphatic rings. The Balaban J connectivity index is 1.82. The number of nitrogens with zero attached hydrogens (tertiary/aromatic N) is 2. The molecule has 1 amide bonds. The monoisotopic (exact) mass is 286 g/mol. The number of nitrogens with one attached hydrogen (secondary N) is 1. The SMILES string of the molecule is CC(NC(=O)C1(N)CCCC1)c1nc2ccccc2n1C. The smallest absolute Gasteiger partial charge is 0.240 e. The number of benzene rings is 1. The van der Waals surface area contributed by atoms with E-state index in [0.29, 0.717) is 0 Å². The normalized spacial score (nSPS) is 18.8. The van der Waals surface area contributed by atoms with Gasteiger partial charge in [0, 0.05) is 7.05 Å². The number of amides is 1. The van der Waals surface area contributed by atoms with Crippen molar-refractivity contribution in [2.75, 3.05) is 0 Å². The van der Waals surface area contributed by atoms with Crippen LogP contribution in [0.3, 0.4) is 0 Å². The van der Waals surface area contributed by atoms with Crippen molar-refractivity contribution in [3.8, 4) is 0 Å². The van der Waals surface area contributed by atoms with Crippen molar-refractivity contribution in [1.29, 1.82) is 0 Å². The summed E-state index contributed by atoms with van der Waals surface area (Å²) in [4.78, 5) is 17.0. The second-order valence-electron chi connectivity index (χ2n) is 6.08. The zero-order valence-electron chi connectivity index (χ0n) is 12.6. The number of nitrogens with two attached hydrogens (primary N) is 1. The largest absolute Gasteiger partial charge is 0.345 e. The zero-order valence-corrected chi connectivity index (χ0v) is 12.6. The van der Waals surface area contributed by atoms with E-state index in [0.717, 1.165) is 42.5 Å². The van der Waals surface area contributed by atoms with Crippen molar-refractivity contribution >= 4 is 16.9 Å². The van der Waals surface area contributed by atoms with Crippen LogP contribution in [0.15, 0.2) is 24.3 Å². The molecule has 5 heteroatoms. The van der Waals surface area contributed by atoms with Gasteiger partial charge in [-0.25, -0.2) is 4.98 Å². The summed E-state index contributed by atoms with van der Waals surface area (Å²) in [5.74, 6) is 0.797. The van der Waals surface area contributed by atoms with E-state index in [2.05, 4.69) is 10.3 Å². The van der Waals surface area contributed by atoms with Gasteiger partial charge in [-0.15, -0.1) is 0 Å². The lowest BCUT2D eigenvalue weighted by molar-refractivity contribution is -0.126. The molecule has 1 aromatic carbocycles. The molecule has 1 aliphatic carbocycles. The van der Waals surface area contributed by atoms with Gasteiger partial charge in [-0.3, -0.25) is 4.79 Å². The Morgan fingerprint density at radius 3 is 2.71 bits per heavy atom. The summed E-state index contributed by atoms with van der Waals surface area (Å²) in [6.45, 7) is 1.96. The molecule has 5 nitrogen and oxygen atoms in total. The van der Waals surface area contributed by atoms with Crippen LogP contribution in [-0.2, 0) is 11.8 Å². The van der Waals surface area contributed by atoms with Crippen molar-refractivity contribution in [2.45, 2.75) is 44.2 Å². The molecule has 0 saturated heterocycles. The number of para-hydroxylation sites is 2. The van der Waals surface area contributed by atoms with Crippen molar-refractivity contribution in [2.24, 2.45) is 12.8 Å². The summed E-state index contributed by atoms with van der Waals surface area (Å²) in [6.07, 6.45) is 3.61. The first kappa shape index (κ1) is 14.1. The maximum atomic E-state index is 12.4. The van der Waals surface area contributed by atoms with Crippen LogP contribution in [0.5, 0.6) is 0 Å². The van der Waals surface area contributed by atoms with Gasteiger partial charge < -0.3 is 15.6 Å². The number of hydrogen-bond donors (Lipinski definition) is 2. The molecule has 1 heterocycles. The molecular weight excluding hydrogens is 264 g/mol. The van der Waals surface area contributed by atoms with Crippen LogP contribution in [0.4, 0.5) is 0 Å². The average Bonchev–Trinajstić information content (AvgIpc) is 3.05. The van der Waals surface area contributed by atoms with Crippen molar-refractivity contribution in [1.82, 2.24) is 14.9 Å². The minimum atomic E-state index is -0.696. The fourth-order valence-electron chi connectivity index (χ4n) is 3.19. The number of imidazole rings is 1. The van der Waals surface area contributed by atoms with E-state index in [1.165, 1.54) is 0 Å². The fourth-order valence-corrected chi connectivity index (χ4v) is 3.19. The Hall–Kier alpha value is -1.88. The zero-order chi connectivity index (χ0) is 15.0. The van der Waals surface area contributed by atoms with E-state index in [1.54, 1.807) is 0 Å². The molecule has 1 aromatic heterocycles. The molecule has 21 heavy (non-hydrogen) atoms. The molecule has 1 saturated carbocycles. The van der Waals surface area contributed by atoms with Gasteiger partial charge in [0.15, 0.2) is 0 Å². The third-order valence-electron chi connectivity index (χ3n) is 4.50. The quantitative estimate of drug-likeness (QED) is 0.906. The summed E-state index contributed by atoms with van der Waals surface area (Å²) in [5.41, 5.74) is 7.52. The van der Waals surface area contributed by atoms with Crippen molar-refractivity contribution < 1.29 is 4.79 Å². The molecule has 1 fully saturated rings. The Morgan fingerprint density at radius 2 is 2.05 bits per heavy atom. The summed E-state index contributed by atoms with van der Waals surface area (Å²) < 4.78 is 2.03. The van der Waals surface area contributed by atoms with Gasteiger partial charge in [-0.05, 0) is 31.9 Å². The lowest BCUT2D eigenvalue weighted by Crippen LogP contribution is -2.52. The maximum Gasteiger partial charge on any atom is 0.240 e. The third-order valence-corrected chi connectivity index (χ3v) is 4.50. The van der Waals surface area contributed by atoms with E-state index >= 15 is 0 Å². The number of aromatic nitrogens is 2. The number of carbonyl (C=O) groups excluding carboxylic acids is 1. The summed E-state index contributed by atoms with van der Waals surface area (Å²) in [5, 5.41) is 3.03. The molecule has 3 N–H and O–H groups in total. The highest BCUT2D eigenvalue weighted by Crippen LogP contribution is 2.28. The van der Waals surface area contributed by atoms with Crippen LogP contribution in [0.2, 0.25) is 0 Å². The lowest BCUT2D eigenvalue weighted by Gasteiger charge is -2.25. The fraction of sp³-hybridized carbons (Fsp3) is 0.500. The van der Waals surface area contributed by atoms with Gasteiger partial charge in [0.25, 0.3) is 0 Å². The standard InChI is InChI=1S/C16H22N4O/c1-11(18-15(21)16(17)9-5-6-10-16)14-19-12-7-3-4-8-13(12)20(14)2/h3-4,7-8,11H,5-6,9-10,17H2,1-2H3,(H,18,21). The number of fused-ring (bicyclic) bond motifs is 1. The second-order valence-corrected chi connectivity index (χ2v) is 6.08. The highest BCUT2D eigenvalue weighted by atomic mass is 16.2. The average molecular weight is 286 g/mol. The summed E-state index contributed by atoms with van der Waals surface area (Å²) in [6, 6.07) is 7.81. The van der Waals surface area contributed by atoms with Gasteiger partial charge in [0.1, 0.15) is 5.82 Å². The lowest BCUT2D eigenvalue weighted by atomic mass is 9.98. The van der Waals surface area contributed by atoms with Gasteiger partial charge in [0.05, 0.1) is 22.6 Å². The van der Waals surface area contributed by atoms with E-state index < -0.39 is 5.54 Å². The molecule has 0 bridgehead atoms. The Morgan fingerprint density at radius 1 is 1.38 bits per heavy atom. The molecule has 0 spiro atoms. The minimum absolute atomic E-state index is 0.0560. The predicted octanol–water partition coefficient (Wildman–Crippen LogP) is 2.02. The van der Waals surface area contributed by atoms with Crippen LogP contribution in [0.25, 0.3) is 11.0 Å². The topological polar surface area (TPSA) is 72.9 Å². The van der Waals surface area contributed by atoms with E-state index in [-0.39, 0.29) is 11.9 Å². The molecule has 1 atom stereocenters. The predicted molar refractivity (Wildman–Crippen MR) is 82.7 cm³/mol. The van der Waals surface area contributed by atoms with E-state index in [1.807, 2.05) is 42.8 Å². The Kier molecular flexibility index (Phi) is 3.45. The summed E-state index contributed by atoms with van der Waals surface area (Å²) in [7, 11) is 1.97. The van der Waals surface area contributed by atoms with E-state index in [9.17, 15) is 4.79 Å². The van der Waals surface area contributed by atoms with Crippen LogP contribution in [0.1, 0.15) is 44.5 Å². The molecule has 112 valence electrons. The van der Waals surface area contributed by atoms with Gasteiger partial charge in [-0.2, -0.15) is 0 Å². The van der Waals surface area contributed by atoms with Crippen LogP contribution in [0, 0.1) is 0 Å². The van der Waals surface area contributed by atoms with E-state index in [4.69, 9.17) is 5.73 Å². The molecule has 3 rings (SSSR count). The van der Waals surface area contributed by atoms with Crippen LogP contribution < -0.4 is 11.1 Å². The second kappa shape index (κ2) is 5.15. The van der Waals surface area contributed by atoms with Crippen molar-refractivity contribution in [3.05, 3.63) is 30.1 Å². The van der Waals surface area contributed by atoms with Gasteiger partial charge in [-0.1, -0.05) is 25.0 Å². The molecule has 2 aromatic rings. The van der Waals surface area contributed by atoms with Crippen molar-refractivity contribution in [3.63, 3.8) is 0 Å². The van der Waals surface area contributed by atoms with Gasteiger partial charge in [0.2, 0.25) is 5.91 Å². The molecule has 0 aliphatic heterocycles. The first-order valence-corrected chi connectivity index (χ1v) is 7.52.